The maximum Gasteiger partial charge on any atom is 0.251 e. The molecule has 1 atom stereocenters. The lowest BCUT2D eigenvalue weighted by Crippen LogP contribution is -2.49. The number of hydrogen-bond donors (Lipinski definition) is 3. The number of amides is 2. The molecule has 3 heterocycles. The molecule has 1 saturated heterocycles. The molecule has 4 aromatic rings. The molecular formula is C30H33N7O3. The highest BCUT2D eigenvalue weighted by atomic mass is 16.5. The first kappa shape index (κ1) is 27.0. The number of carbonyl (C=O) groups excluding carboxylic acids is 2. The first-order valence-electron chi connectivity index (χ1n) is 13.1. The van der Waals surface area contributed by atoms with Gasteiger partial charge in [-0.15, -0.1) is 0 Å². The lowest BCUT2D eigenvalue weighted by molar-refractivity contribution is -0.112. The van der Waals surface area contributed by atoms with E-state index in [-0.39, 0.29) is 17.9 Å². The molecule has 0 bridgehead atoms. The Morgan fingerprint density at radius 2 is 1.77 bits per heavy atom. The van der Waals surface area contributed by atoms with Gasteiger partial charge in [0, 0.05) is 42.5 Å². The molecule has 10 nitrogen and oxygen atoms in total. The second-order valence-corrected chi connectivity index (χ2v) is 10.0. The van der Waals surface area contributed by atoms with Crippen molar-refractivity contribution in [3.8, 4) is 22.4 Å². The minimum absolute atomic E-state index is 0.140. The summed E-state index contributed by atoms with van der Waals surface area (Å²) >= 11 is 0. The first-order valence-corrected chi connectivity index (χ1v) is 13.1. The predicted molar refractivity (Wildman–Crippen MR) is 157 cm³/mol. The van der Waals surface area contributed by atoms with Gasteiger partial charge in [0.05, 0.1) is 30.3 Å². The van der Waals surface area contributed by atoms with Crippen LogP contribution in [0.3, 0.4) is 0 Å². The van der Waals surface area contributed by atoms with Crippen LogP contribution in [0.4, 0.5) is 11.5 Å². The number of morpholine rings is 1. The normalized spacial score (nSPS) is 15.6. The second-order valence-electron chi connectivity index (χ2n) is 10.0. The summed E-state index contributed by atoms with van der Waals surface area (Å²) in [5.41, 5.74) is 12.2. The van der Waals surface area contributed by atoms with Crippen LogP contribution in [0.15, 0.2) is 67.0 Å². The smallest absolute Gasteiger partial charge is 0.251 e. The first-order chi connectivity index (χ1) is 19.2. The Kier molecular flexibility index (Phi) is 7.63. The Morgan fingerprint density at radius 1 is 1.07 bits per heavy atom. The monoisotopic (exact) mass is 539 g/mol. The van der Waals surface area contributed by atoms with E-state index in [9.17, 15) is 9.59 Å². The zero-order valence-electron chi connectivity index (χ0n) is 22.9. The molecule has 1 fully saturated rings. The fraction of sp³-hybridized carbons (Fsp3) is 0.267. The fourth-order valence-electron chi connectivity index (χ4n) is 4.90. The maximum absolute atomic E-state index is 12.9. The van der Waals surface area contributed by atoms with E-state index in [4.69, 9.17) is 10.5 Å². The number of rotatable bonds is 7. The Bertz CT molecular complexity index is 1580. The molecule has 206 valence electrons. The van der Waals surface area contributed by atoms with Gasteiger partial charge in [-0.25, -0.2) is 9.97 Å². The highest BCUT2D eigenvalue weighted by molar-refractivity contribution is 6.08. The van der Waals surface area contributed by atoms with Gasteiger partial charge in [0.25, 0.3) is 11.8 Å². The van der Waals surface area contributed by atoms with Crippen molar-refractivity contribution < 1.29 is 14.3 Å². The lowest BCUT2D eigenvalue weighted by atomic mass is 9.97. The molecule has 4 N–H and O–H groups in total. The molecule has 5 rings (SSSR count). The van der Waals surface area contributed by atoms with E-state index in [1.807, 2.05) is 67.2 Å². The number of carbonyl (C=O) groups is 2. The number of likely N-dealkylation sites (N-methyl/N-ethyl adjacent to an activating group) is 1. The molecule has 10 heteroatoms. The average molecular weight is 540 g/mol. The van der Waals surface area contributed by atoms with Crippen LogP contribution in [0.2, 0.25) is 0 Å². The number of aromatic nitrogens is 3. The standard InChI is InChI=1S/C30H33N7O3/c1-18(2)29(38)35-22-11-9-20(10-12-22)26-24(25-27(31)33-17-34-28(25)37(26)4)19-5-7-21(8-6-19)30(39)32-15-23-16-40-14-13-36(23)3/h5-12,17,23H,1,13-16H2,2-4H3,(H,32,39)(H,35,38)(H2,31,33,34). The zero-order chi connectivity index (χ0) is 28.4. The molecule has 1 aliphatic heterocycles. The minimum atomic E-state index is -0.232. The van der Waals surface area contributed by atoms with Crippen molar-refractivity contribution in [3.63, 3.8) is 0 Å². The van der Waals surface area contributed by atoms with Gasteiger partial charge in [0.15, 0.2) is 0 Å². The second kappa shape index (κ2) is 11.3. The van der Waals surface area contributed by atoms with Crippen LogP contribution in [-0.4, -0.2) is 70.6 Å². The summed E-state index contributed by atoms with van der Waals surface area (Å²) in [5, 5.41) is 6.59. The van der Waals surface area contributed by atoms with E-state index in [0.717, 1.165) is 34.3 Å². The number of nitrogens with one attached hydrogen (secondary N) is 2. The van der Waals surface area contributed by atoms with Crippen molar-refractivity contribution in [2.24, 2.45) is 7.05 Å². The summed E-state index contributed by atoms with van der Waals surface area (Å²) in [4.78, 5) is 35.9. The van der Waals surface area contributed by atoms with Crippen LogP contribution in [0.1, 0.15) is 17.3 Å². The summed E-state index contributed by atoms with van der Waals surface area (Å²) in [6, 6.07) is 15.2. The van der Waals surface area contributed by atoms with Gasteiger partial charge >= 0.3 is 0 Å². The van der Waals surface area contributed by atoms with Crippen LogP contribution >= 0.6 is 0 Å². The lowest BCUT2D eigenvalue weighted by Gasteiger charge is -2.32. The van der Waals surface area contributed by atoms with Gasteiger partial charge in [-0.3, -0.25) is 14.5 Å². The molecule has 2 aromatic heterocycles. The third-order valence-corrected chi connectivity index (χ3v) is 7.26. The minimum Gasteiger partial charge on any atom is -0.383 e. The number of ether oxygens (including phenoxy) is 1. The number of aryl methyl sites for hydroxylation is 1. The van der Waals surface area contributed by atoms with E-state index in [2.05, 4.69) is 32.1 Å². The number of nitrogens with zero attached hydrogens (tertiary/aromatic N) is 4. The van der Waals surface area contributed by atoms with E-state index in [1.54, 1.807) is 6.92 Å². The molecular weight excluding hydrogens is 506 g/mol. The Labute approximate surface area is 232 Å². The van der Waals surface area contributed by atoms with E-state index in [0.29, 0.717) is 48.0 Å². The highest BCUT2D eigenvalue weighted by Crippen LogP contribution is 2.41. The largest absolute Gasteiger partial charge is 0.383 e. The van der Waals surface area contributed by atoms with Gasteiger partial charge in [0.1, 0.15) is 17.8 Å². The molecule has 0 radical (unpaired) electrons. The maximum atomic E-state index is 12.9. The van der Waals surface area contributed by atoms with Crippen LogP contribution < -0.4 is 16.4 Å². The molecule has 0 aliphatic carbocycles. The van der Waals surface area contributed by atoms with Crippen molar-refractivity contribution in [2.45, 2.75) is 13.0 Å². The Morgan fingerprint density at radius 3 is 2.45 bits per heavy atom. The van der Waals surface area contributed by atoms with Crippen molar-refractivity contribution in [1.29, 1.82) is 0 Å². The summed E-state index contributed by atoms with van der Waals surface area (Å²) in [6.45, 7) is 8.03. The summed E-state index contributed by atoms with van der Waals surface area (Å²) in [5.74, 6) is -0.00365. The topological polar surface area (TPSA) is 127 Å². The number of anilines is 2. The number of nitrogens with two attached hydrogens (primary N) is 1. The van der Waals surface area contributed by atoms with Crippen LogP contribution in [-0.2, 0) is 16.6 Å². The quantitative estimate of drug-likeness (QED) is 0.307. The van der Waals surface area contributed by atoms with Gasteiger partial charge in [-0.1, -0.05) is 30.8 Å². The third kappa shape index (κ3) is 5.31. The number of benzene rings is 2. The molecule has 2 aromatic carbocycles. The Hall–Kier alpha value is -4.54. The third-order valence-electron chi connectivity index (χ3n) is 7.26. The van der Waals surface area contributed by atoms with Crippen molar-refractivity contribution >= 4 is 34.4 Å². The van der Waals surface area contributed by atoms with E-state index >= 15 is 0 Å². The highest BCUT2D eigenvalue weighted by Gasteiger charge is 2.23. The summed E-state index contributed by atoms with van der Waals surface area (Å²) < 4.78 is 7.52. The van der Waals surface area contributed by atoms with E-state index in [1.165, 1.54) is 6.33 Å². The van der Waals surface area contributed by atoms with Gasteiger partial charge in [-0.05, 0) is 49.4 Å². The molecule has 0 spiro atoms. The molecule has 0 saturated carbocycles. The zero-order valence-corrected chi connectivity index (χ0v) is 22.9. The van der Waals surface area contributed by atoms with Gasteiger partial charge < -0.3 is 25.7 Å². The molecule has 40 heavy (non-hydrogen) atoms. The fourth-order valence-corrected chi connectivity index (χ4v) is 4.90. The average Bonchev–Trinajstić information content (AvgIpc) is 3.26. The van der Waals surface area contributed by atoms with Gasteiger partial charge in [0.2, 0.25) is 0 Å². The van der Waals surface area contributed by atoms with Crippen molar-refractivity contribution in [3.05, 3.63) is 72.6 Å². The van der Waals surface area contributed by atoms with Crippen LogP contribution in [0, 0.1) is 0 Å². The summed E-state index contributed by atoms with van der Waals surface area (Å²) in [7, 11) is 3.97. The van der Waals surface area contributed by atoms with Crippen molar-refractivity contribution in [1.82, 2.24) is 24.8 Å². The molecule has 1 aliphatic rings. The van der Waals surface area contributed by atoms with Gasteiger partial charge in [-0.2, -0.15) is 0 Å². The van der Waals surface area contributed by atoms with Crippen LogP contribution in [0.5, 0.6) is 0 Å². The number of nitrogen functional groups attached to an aromatic ring is 1. The van der Waals surface area contributed by atoms with E-state index < -0.39 is 0 Å². The summed E-state index contributed by atoms with van der Waals surface area (Å²) in [6.07, 6.45) is 1.45. The molecule has 2 amide bonds. The SMILES string of the molecule is C=C(C)C(=O)Nc1ccc(-c2c(-c3ccc(C(=O)NCC4COCCN4C)cc3)c3c(N)ncnc3n2C)cc1. The number of hydrogen-bond acceptors (Lipinski definition) is 7. The Balaban J connectivity index is 1.47. The predicted octanol–water partition coefficient (Wildman–Crippen LogP) is 3.46. The number of fused-ring (bicyclic) bond motifs is 1. The van der Waals surface area contributed by atoms with Crippen LogP contribution in [0.25, 0.3) is 33.4 Å². The van der Waals surface area contributed by atoms with Crippen molar-refractivity contribution in [2.75, 3.05) is 44.4 Å². The molecule has 1 unspecified atom stereocenters.